The van der Waals surface area contributed by atoms with Crippen molar-refractivity contribution in [2.45, 2.75) is 44.7 Å². The van der Waals surface area contributed by atoms with Crippen LogP contribution in [0.4, 0.5) is 0 Å². The second-order valence-electron chi connectivity index (χ2n) is 6.16. The SMILES string of the molecule is CCOc1cc(CNCC2(N(C)C)CCCC2)ccc1O. The minimum atomic E-state index is 0.209. The van der Waals surface area contributed by atoms with Crippen LogP contribution in [-0.4, -0.2) is 42.8 Å². The fraction of sp³-hybridized carbons (Fsp3) is 0.647. The molecule has 0 aliphatic heterocycles. The number of likely N-dealkylation sites (N-methyl/N-ethyl adjacent to an activating group) is 1. The molecule has 0 bridgehead atoms. The van der Waals surface area contributed by atoms with Crippen LogP contribution in [0.5, 0.6) is 11.5 Å². The normalized spacial score (nSPS) is 17.3. The molecule has 4 nitrogen and oxygen atoms in total. The van der Waals surface area contributed by atoms with E-state index in [9.17, 15) is 5.11 Å². The molecule has 0 aromatic heterocycles. The summed E-state index contributed by atoms with van der Waals surface area (Å²) in [7, 11) is 4.36. The quantitative estimate of drug-likeness (QED) is 0.811. The second-order valence-corrected chi connectivity index (χ2v) is 6.16. The predicted octanol–water partition coefficient (Wildman–Crippen LogP) is 2.75. The van der Waals surface area contributed by atoms with Crippen molar-refractivity contribution in [3.05, 3.63) is 23.8 Å². The lowest BCUT2D eigenvalue weighted by Crippen LogP contribution is -2.49. The first-order valence-corrected chi connectivity index (χ1v) is 7.90. The molecule has 0 radical (unpaired) electrons. The van der Waals surface area contributed by atoms with E-state index in [4.69, 9.17) is 4.74 Å². The standard InChI is InChI=1S/C17H28N2O2/c1-4-21-16-11-14(7-8-15(16)20)12-18-13-17(19(2)3)9-5-6-10-17/h7-8,11,18,20H,4-6,9-10,12-13H2,1-3H3. The van der Waals surface area contributed by atoms with E-state index in [2.05, 4.69) is 24.3 Å². The molecule has 4 heteroatoms. The number of benzene rings is 1. The highest BCUT2D eigenvalue weighted by Gasteiger charge is 2.35. The molecule has 2 N–H and O–H groups in total. The van der Waals surface area contributed by atoms with Crippen molar-refractivity contribution in [2.24, 2.45) is 0 Å². The Morgan fingerprint density at radius 1 is 1.29 bits per heavy atom. The van der Waals surface area contributed by atoms with Gasteiger partial charge < -0.3 is 20.1 Å². The summed E-state index contributed by atoms with van der Waals surface area (Å²) in [5, 5.41) is 13.3. The summed E-state index contributed by atoms with van der Waals surface area (Å²) in [4.78, 5) is 2.37. The molecule has 0 spiro atoms. The Morgan fingerprint density at radius 3 is 2.62 bits per heavy atom. The van der Waals surface area contributed by atoms with Crippen molar-refractivity contribution in [1.82, 2.24) is 10.2 Å². The first kappa shape index (κ1) is 16.1. The van der Waals surface area contributed by atoms with Crippen LogP contribution < -0.4 is 10.1 Å². The van der Waals surface area contributed by atoms with Gasteiger partial charge in [0.2, 0.25) is 0 Å². The summed E-state index contributed by atoms with van der Waals surface area (Å²) >= 11 is 0. The molecule has 0 unspecified atom stereocenters. The summed E-state index contributed by atoms with van der Waals surface area (Å²) in [6.45, 7) is 4.29. The fourth-order valence-electron chi connectivity index (χ4n) is 3.19. The molecule has 0 atom stereocenters. The lowest BCUT2D eigenvalue weighted by atomic mass is 9.96. The molecule has 0 saturated heterocycles. The number of aromatic hydroxyl groups is 1. The molecular weight excluding hydrogens is 264 g/mol. The zero-order chi connectivity index (χ0) is 15.3. The Labute approximate surface area is 128 Å². The highest BCUT2D eigenvalue weighted by molar-refractivity contribution is 5.41. The van der Waals surface area contributed by atoms with Crippen molar-refractivity contribution in [3.8, 4) is 11.5 Å². The second kappa shape index (κ2) is 7.14. The van der Waals surface area contributed by atoms with Crippen LogP contribution in [-0.2, 0) is 6.54 Å². The number of phenols is 1. The van der Waals surface area contributed by atoms with Crippen LogP contribution in [0.25, 0.3) is 0 Å². The highest BCUT2D eigenvalue weighted by atomic mass is 16.5. The van der Waals surface area contributed by atoms with Crippen LogP contribution in [0.1, 0.15) is 38.2 Å². The summed E-state index contributed by atoms with van der Waals surface area (Å²) in [6, 6.07) is 5.57. The van der Waals surface area contributed by atoms with Gasteiger partial charge in [-0.2, -0.15) is 0 Å². The van der Waals surface area contributed by atoms with E-state index >= 15 is 0 Å². The molecular formula is C17H28N2O2. The Bertz CT molecular complexity index is 454. The van der Waals surface area contributed by atoms with Crippen molar-refractivity contribution in [3.63, 3.8) is 0 Å². The first-order valence-electron chi connectivity index (χ1n) is 7.90. The van der Waals surface area contributed by atoms with Gasteiger partial charge >= 0.3 is 0 Å². The number of nitrogens with one attached hydrogen (secondary N) is 1. The summed E-state index contributed by atoms with van der Waals surface area (Å²) < 4.78 is 5.43. The molecule has 2 rings (SSSR count). The maximum atomic E-state index is 9.73. The number of rotatable bonds is 7. The average Bonchev–Trinajstić information content (AvgIpc) is 2.93. The fourth-order valence-corrected chi connectivity index (χ4v) is 3.19. The van der Waals surface area contributed by atoms with Gasteiger partial charge in [-0.05, 0) is 51.6 Å². The van der Waals surface area contributed by atoms with E-state index in [1.165, 1.54) is 25.7 Å². The third-order valence-corrected chi connectivity index (χ3v) is 4.59. The minimum absolute atomic E-state index is 0.209. The molecule has 118 valence electrons. The van der Waals surface area contributed by atoms with Gasteiger partial charge in [0.25, 0.3) is 0 Å². The first-order chi connectivity index (χ1) is 10.1. The molecule has 1 aliphatic carbocycles. The van der Waals surface area contributed by atoms with E-state index in [1.807, 2.05) is 19.1 Å². The molecule has 1 fully saturated rings. The van der Waals surface area contributed by atoms with Crippen molar-refractivity contribution < 1.29 is 9.84 Å². The molecule has 1 aliphatic rings. The van der Waals surface area contributed by atoms with Gasteiger partial charge in [-0.15, -0.1) is 0 Å². The van der Waals surface area contributed by atoms with Crippen LogP contribution >= 0.6 is 0 Å². The van der Waals surface area contributed by atoms with Crippen molar-refractivity contribution in [2.75, 3.05) is 27.2 Å². The molecule has 0 amide bonds. The molecule has 21 heavy (non-hydrogen) atoms. The zero-order valence-electron chi connectivity index (χ0n) is 13.5. The van der Waals surface area contributed by atoms with Gasteiger partial charge in [0.1, 0.15) is 0 Å². The van der Waals surface area contributed by atoms with Crippen LogP contribution in [0.3, 0.4) is 0 Å². The maximum Gasteiger partial charge on any atom is 0.161 e. The summed E-state index contributed by atoms with van der Waals surface area (Å²) in [5.41, 5.74) is 1.45. The zero-order valence-corrected chi connectivity index (χ0v) is 13.5. The minimum Gasteiger partial charge on any atom is -0.504 e. The van der Waals surface area contributed by atoms with Crippen LogP contribution in [0, 0.1) is 0 Å². The Hall–Kier alpha value is -1.26. The third kappa shape index (κ3) is 3.89. The Kier molecular flexibility index (Phi) is 5.48. The molecule has 1 aromatic carbocycles. The van der Waals surface area contributed by atoms with Gasteiger partial charge in [-0.25, -0.2) is 0 Å². The average molecular weight is 292 g/mol. The smallest absolute Gasteiger partial charge is 0.161 e. The van der Waals surface area contributed by atoms with Gasteiger partial charge in [-0.1, -0.05) is 18.9 Å². The van der Waals surface area contributed by atoms with Gasteiger partial charge in [-0.3, -0.25) is 0 Å². The largest absolute Gasteiger partial charge is 0.504 e. The van der Waals surface area contributed by atoms with Crippen molar-refractivity contribution >= 4 is 0 Å². The molecule has 1 saturated carbocycles. The number of phenolic OH excluding ortho intramolecular Hbond substituents is 1. The van der Waals surface area contributed by atoms with E-state index in [0.717, 1.165) is 18.7 Å². The van der Waals surface area contributed by atoms with E-state index in [0.29, 0.717) is 17.9 Å². The van der Waals surface area contributed by atoms with Gasteiger partial charge in [0, 0.05) is 18.6 Å². The maximum absolute atomic E-state index is 9.73. The monoisotopic (exact) mass is 292 g/mol. The topological polar surface area (TPSA) is 44.7 Å². The Morgan fingerprint density at radius 2 is 2.00 bits per heavy atom. The van der Waals surface area contributed by atoms with E-state index in [1.54, 1.807) is 6.07 Å². The number of nitrogens with zero attached hydrogens (tertiary/aromatic N) is 1. The lowest BCUT2D eigenvalue weighted by Gasteiger charge is -2.36. The number of hydrogen-bond donors (Lipinski definition) is 2. The highest BCUT2D eigenvalue weighted by Crippen LogP contribution is 2.33. The summed E-state index contributed by atoms with van der Waals surface area (Å²) in [6.07, 6.45) is 5.20. The predicted molar refractivity (Wildman–Crippen MR) is 85.9 cm³/mol. The third-order valence-electron chi connectivity index (χ3n) is 4.59. The van der Waals surface area contributed by atoms with Gasteiger partial charge in [0.05, 0.1) is 6.61 Å². The number of ether oxygens (including phenoxy) is 1. The van der Waals surface area contributed by atoms with Crippen LogP contribution in [0.15, 0.2) is 18.2 Å². The van der Waals surface area contributed by atoms with Crippen LogP contribution in [0.2, 0.25) is 0 Å². The van der Waals surface area contributed by atoms with Crippen molar-refractivity contribution in [1.29, 1.82) is 0 Å². The van der Waals surface area contributed by atoms with Gasteiger partial charge in [0.15, 0.2) is 11.5 Å². The number of hydrogen-bond acceptors (Lipinski definition) is 4. The lowest BCUT2D eigenvalue weighted by molar-refractivity contribution is 0.153. The Balaban J connectivity index is 1.92. The molecule has 1 aromatic rings. The summed E-state index contributed by atoms with van der Waals surface area (Å²) in [5.74, 6) is 0.779. The van der Waals surface area contributed by atoms with E-state index in [-0.39, 0.29) is 5.75 Å². The van der Waals surface area contributed by atoms with E-state index < -0.39 is 0 Å². The molecule has 0 heterocycles.